The molecule has 2 rings (SSSR count). The van der Waals surface area contributed by atoms with Crippen molar-refractivity contribution >= 4 is 11.8 Å². The van der Waals surface area contributed by atoms with Crippen molar-refractivity contribution in [3.8, 4) is 0 Å². The lowest BCUT2D eigenvalue weighted by Gasteiger charge is -2.16. The number of amides is 2. The van der Waals surface area contributed by atoms with Crippen LogP contribution in [-0.2, 0) is 9.59 Å². The lowest BCUT2D eigenvalue weighted by atomic mass is 9.88. The van der Waals surface area contributed by atoms with Gasteiger partial charge in [0, 0.05) is 19.4 Å². The summed E-state index contributed by atoms with van der Waals surface area (Å²) < 4.78 is 0. The first-order chi connectivity index (χ1) is 7.09. The minimum atomic E-state index is -0.0405. The van der Waals surface area contributed by atoms with Crippen LogP contribution >= 0.6 is 0 Å². The highest BCUT2D eigenvalue weighted by atomic mass is 16.2. The van der Waals surface area contributed by atoms with E-state index in [4.69, 9.17) is 0 Å². The molecule has 0 aromatic rings. The number of likely N-dealkylation sites (tertiary alicyclic amines) is 1. The Morgan fingerprint density at radius 2 is 2.07 bits per heavy atom. The summed E-state index contributed by atoms with van der Waals surface area (Å²) in [7, 11) is 1.60. The molecule has 0 radical (unpaired) electrons. The van der Waals surface area contributed by atoms with Crippen LogP contribution in [0.5, 0.6) is 0 Å². The van der Waals surface area contributed by atoms with Crippen molar-refractivity contribution in [2.24, 2.45) is 17.8 Å². The van der Waals surface area contributed by atoms with E-state index in [1.165, 1.54) is 24.2 Å². The molecule has 3 nitrogen and oxygen atoms in total. The Labute approximate surface area is 90.8 Å². The zero-order valence-electron chi connectivity index (χ0n) is 9.53. The Kier molecular flexibility index (Phi) is 2.81. The maximum Gasteiger partial charge on any atom is 0.232 e. The van der Waals surface area contributed by atoms with Gasteiger partial charge in [0.05, 0.1) is 0 Å². The van der Waals surface area contributed by atoms with E-state index in [-0.39, 0.29) is 17.7 Å². The first kappa shape index (κ1) is 10.7. The minimum Gasteiger partial charge on any atom is -0.285 e. The number of hydrogen-bond donors (Lipinski definition) is 0. The third kappa shape index (κ3) is 2.21. The molecule has 1 saturated carbocycles. The Bertz CT molecular complexity index is 283. The number of hydrogen-bond acceptors (Lipinski definition) is 2. The largest absolute Gasteiger partial charge is 0.285 e. The van der Waals surface area contributed by atoms with E-state index in [9.17, 15) is 9.59 Å². The fourth-order valence-corrected chi connectivity index (χ4v) is 2.33. The van der Waals surface area contributed by atoms with Crippen LogP contribution in [0.2, 0.25) is 0 Å². The Hall–Kier alpha value is -0.860. The fraction of sp³-hybridized carbons (Fsp3) is 0.833. The lowest BCUT2D eigenvalue weighted by Crippen LogP contribution is -2.27. The molecule has 1 heterocycles. The van der Waals surface area contributed by atoms with Crippen LogP contribution in [0.3, 0.4) is 0 Å². The molecule has 1 aliphatic heterocycles. The molecule has 2 fully saturated rings. The average Bonchev–Trinajstić information content (AvgIpc) is 2.99. The summed E-state index contributed by atoms with van der Waals surface area (Å²) in [4.78, 5) is 24.4. The van der Waals surface area contributed by atoms with E-state index in [0.717, 1.165) is 12.3 Å². The molecule has 2 atom stereocenters. The van der Waals surface area contributed by atoms with E-state index < -0.39 is 0 Å². The highest BCUT2D eigenvalue weighted by Crippen LogP contribution is 2.37. The second-order valence-electron chi connectivity index (χ2n) is 5.10. The number of rotatable bonds is 4. The maximum atomic E-state index is 11.7. The fourth-order valence-electron chi connectivity index (χ4n) is 2.33. The van der Waals surface area contributed by atoms with Gasteiger partial charge in [-0.05, 0) is 18.3 Å². The summed E-state index contributed by atoms with van der Waals surface area (Å²) in [6.07, 6.45) is 5.50. The topological polar surface area (TPSA) is 37.4 Å². The van der Waals surface area contributed by atoms with Crippen LogP contribution in [0.15, 0.2) is 0 Å². The normalized spacial score (nSPS) is 28.7. The van der Waals surface area contributed by atoms with Gasteiger partial charge in [-0.25, -0.2) is 0 Å². The molecule has 0 aromatic heterocycles. The predicted molar refractivity (Wildman–Crippen MR) is 57.0 cm³/mol. The van der Waals surface area contributed by atoms with Gasteiger partial charge < -0.3 is 0 Å². The third-order valence-corrected chi connectivity index (χ3v) is 3.83. The number of nitrogens with zero attached hydrogens (tertiary/aromatic N) is 1. The van der Waals surface area contributed by atoms with Crippen molar-refractivity contribution in [1.82, 2.24) is 4.90 Å². The average molecular weight is 209 g/mol. The van der Waals surface area contributed by atoms with Gasteiger partial charge in [-0.1, -0.05) is 26.2 Å². The van der Waals surface area contributed by atoms with Gasteiger partial charge in [-0.3, -0.25) is 14.5 Å². The summed E-state index contributed by atoms with van der Waals surface area (Å²) in [6.45, 7) is 2.11. The van der Waals surface area contributed by atoms with Crippen LogP contribution in [0.1, 0.15) is 39.0 Å². The molecule has 1 saturated heterocycles. The molecule has 0 aromatic carbocycles. The summed E-state index contributed by atoms with van der Waals surface area (Å²) in [6, 6.07) is 0. The lowest BCUT2D eigenvalue weighted by molar-refractivity contribution is -0.138. The summed E-state index contributed by atoms with van der Waals surface area (Å²) >= 11 is 0. The van der Waals surface area contributed by atoms with Gasteiger partial charge >= 0.3 is 0 Å². The van der Waals surface area contributed by atoms with Crippen molar-refractivity contribution in [3.05, 3.63) is 0 Å². The van der Waals surface area contributed by atoms with E-state index in [1.54, 1.807) is 7.05 Å². The monoisotopic (exact) mass is 209 g/mol. The van der Waals surface area contributed by atoms with Crippen molar-refractivity contribution in [2.45, 2.75) is 39.0 Å². The summed E-state index contributed by atoms with van der Waals surface area (Å²) in [5.41, 5.74) is 0. The quantitative estimate of drug-likeness (QED) is 0.662. The van der Waals surface area contributed by atoms with Gasteiger partial charge in [0.1, 0.15) is 0 Å². The van der Waals surface area contributed by atoms with Gasteiger partial charge in [-0.15, -0.1) is 0 Å². The second-order valence-corrected chi connectivity index (χ2v) is 5.10. The van der Waals surface area contributed by atoms with Gasteiger partial charge in [0.25, 0.3) is 0 Å². The van der Waals surface area contributed by atoms with E-state index in [2.05, 4.69) is 6.92 Å². The van der Waals surface area contributed by atoms with Crippen molar-refractivity contribution < 1.29 is 9.59 Å². The highest BCUT2D eigenvalue weighted by Gasteiger charge is 2.39. The molecule has 2 unspecified atom stereocenters. The smallest absolute Gasteiger partial charge is 0.232 e. The SMILES string of the molecule is CC(CCC1CC1)C1CC(=O)N(C)C1=O. The molecule has 2 aliphatic rings. The van der Waals surface area contributed by atoms with Crippen LogP contribution in [0.4, 0.5) is 0 Å². The van der Waals surface area contributed by atoms with Crippen LogP contribution in [0, 0.1) is 17.8 Å². The molecule has 84 valence electrons. The van der Waals surface area contributed by atoms with Gasteiger partial charge in [0.2, 0.25) is 11.8 Å². The van der Waals surface area contributed by atoms with E-state index in [0.29, 0.717) is 12.3 Å². The number of carbonyl (C=O) groups excluding carboxylic acids is 2. The molecule has 2 amide bonds. The maximum absolute atomic E-state index is 11.7. The first-order valence-electron chi connectivity index (χ1n) is 5.90. The standard InChI is InChI=1S/C12H19NO2/c1-8(3-4-9-5-6-9)10-7-11(14)13(2)12(10)15/h8-10H,3-7H2,1-2H3. The van der Waals surface area contributed by atoms with Crippen LogP contribution < -0.4 is 0 Å². The predicted octanol–water partition coefficient (Wildman–Crippen LogP) is 1.82. The third-order valence-electron chi connectivity index (χ3n) is 3.83. The number of carbonyl (C=O) groups is 2. The second kappa shape index (κ2) is 3.95. The number of imide groups is 1. The molecule has 0 spiro atoms. The van der Waals surface area contributed by atoms with Crippen molar-refractivity contribution in [1.29, 1.82) is 0 Å². The molecule has 15 heavy (non-hydrogen) atoms. The van der Waals surface area contributed by atoms with Crippen molar-refractivity contribution in [3.63, 3.8) is 0 Å². The Morgan fingerprint density at radius 1 is 1.40 bits per heavy atom. The minimum absolute atomic E-state index is 0.0109. The molecule has 0 bridgehead atoms. The first-order valence-corrected chi connectivity index (χ1v) is 5.90. The zero-order chi connectivity index (χ0) is 11.0. The Morgan fingerprint density at radius 3 is 2.53 bits per heavy atom. The Balaban J connectivity index is 1.86. The molecular weight excluding hydrogens is 190 g/mol. The molecule has 1 aliphatic carbocycles. The molecule has 3 heteroatoms. The summed E-state index contributed by atoms with van der Waals surface area (Å²) in [5.74, 6) is 1.26. The van der Waals surface area contributed by atoms with Crippen molar-refractivity contribution in [2.75, 3.05) is 7.05 Å². The summed E-state index contributed by atoms with van der Waals surface area (Å²) in [5, 5.41) is 0. The highest BCUT2D eigenvalue weighted by molar-refractivity contribution is 6.03. The van der Waals surface area contributed by atoms with Crippen LogP contribution in [0.25, 0.3) is 0 Å². The zero-order valence-corrected chi connectivity index (χ0v) is 9.53. The molecular formula is C12H19NO2. The van der Waals surface area contributed by atoms with Gasteiger partial charge in [0.15, 0.2) is 0 Å². The van der Waals surface area contributed by atoms with E-state index in [1.807, 2.05) is 0 Å². The van der Waals surface area contributed by atoms with E-state index >= 15 is 0 Å². The van der Waals surface area contributed by atoms with Crippen LogP contribution in [-0.4, -0.2) is 23.8 Å². The van der Waals surface area contributed by atoms with Gasteiger partial charge in [-0.2, -0.15) is 0 Å². The molecule has 0 N–H and O–H groups in total.